The molecule has 0 fully saturated rings. The molecule has 0 aliphatic rings. The molecule has 24 heavy (non-hydrogen) atoms. The normalized spacial score (nSPS) is 10.3. The Hall–Kier alpha value is -1.91. The predicted molar refractivity (Wildman–Crippen MR) is 99.3 cm³/mol. The van der Waals surface area contributed by atoms with Crippen LogP contribution < -0.4 is 15.4 Å². The third-order valence-corrected chi connectivity index (χ3v) is 3.92. The van der Waals surface area contributed by atoms with Gasteiger partial charge in [-0.3, -0.25) is 4.79 Å². The van der Waals surface area contributed by atoms with Gasteiger partial charge in [-0.05, 0) is 42.3 Å². The van der Waals surface area contributed by atoms with Crippen LogP contribution in [0.25, 0.3) is 0 Å². The van der Waals surface area contributed by atoms with Gasteiger partial charge in [-0.1, -0.05) is 35.3 Å². The lowest BCUT2D eigenvalue weighted by atomic mass is 10.1. The Morgan fingerprint density at radius 3 is 2.62 bits per heavy atom. The molecule has 0 unspecified atom stereocenters. The Labute approximate surface area is 152 Å². The summed E-state index contributed by atoms with van der Waals surface area (Å²) >= 11 is 11.9. The quantitative estimate of drug-likeness (QED) is 0.737. The number of halogens is 2. The second-order valence-electron chi connectivity index (χ2n) is 5.25. The van der Waals surface area contributed by atoms with Crippen molar-refractivity contribution in [2.24, 2.45) is 0 Å². The second kappa shape index (κ2) is 9.40. The first-order valence-electron chi connectivity index (χ1n) is 7.67. The third kappa shape index (κ3) is 5.95. The molecule has 0 radical (unpaired) electrons. The first kappa shape index (κ1) is 18.4. The molecule has 128 valence electrons. The molecule has 0 spiro atoms. The van der Waals surface area contributed by atoms with Gasteiger partial charge in [0.05, 0.1) is 12.8 Å². The highest BCUT2D eigenvalue weighted by atomic mass is 35.5. The van der Waals surface area contributed by atoms with Crippen molar-refractivity contribution in [1.29, 1.82) is 0 Å². The van der Waals surface area contributed by atoms with Gasteiger partial charge in [-0.25, -0.2) is 0 Å². The summed E-state index contributed by atoms with van der Waals surface area (Å²) in [6.07, 6.45) is 1.12. The minimum absolute atomic E-state index is 0.00878. The topological polar surface area (TPSA) is 50.4 Å². The lowest BCUT2D eigenvalue weighted by molar-refractivity contribution is -0.120. The summed E-state index contributed by atoms with van der Waals surface area (Å²) in [5.74, 6) is 0.686. The SMILES string of the molecule is COc1ccc(Cl)cc1NCCC(=O)NCCc1cccc(Cl)c1. The summed E-state index contributed by atoms with van der Waals surface area (Å²) in [6, 6.07) is 13.0. The molecule has 0 bridgehead atoms. The molecule has 0 heterocycles. The number of carbonyl (C=O) groups excluding carboxylic acids is 1. The van der Waals surface area contributed by atoms with E-state index in [9.17, 15) is 4.79 Å². The van der Waals surface area contributed by atoms with Crippen LogP contribution in [0.2, 0.25) is 10.0 Å². The van der Waals surface area contributed by atoms with Crippen LogP contribution in [0.1, 0.15) is 12.0 Å². The van der Waals surface area contributed by atoms with Gasteiger partial charge in [0.25, 0.3) is 0 Å². The molecule has 6 heteroatoms. The number of carbonyl (C=O) groups is 1. The summed E-state index contributed by atoms with van der Waals surface area (Å²) < 4.78 is 5.25. The van der Waals surface area contributed by atoms with Crippen molar-refractivity contribution in [3.63, 3.8) is 0 Å². The third-order valence-electron chi connectivity index (χ3n) is 3.45. The van der Waals surface area contributed by atoms with E-state index in [0.29, 0.717) is 35.3 Å². The van der Waals surface area contributed by atoms with E-state index < -0.39 is 0 Å². The zero-order valence-electron chi connectivity index (χ0n) is 13.4. The van der Waals surface area contributed by atoms with Gasteiger partial charge >= 0.3 is 0 Å². The molecule has 0 aromatic heterocycles. The molecule has 0 saturated carbocycles. The Kier molecular flexibility index (Phi) is 7.22. The molecule has 2 aromatic carbocycles. The van der Waals surface area contributed by atoms with Crippen LogP contribution in [0.3, 0.4) is 0 Å². The van der Waals surface area contributed by atoms with E-state index >= 15 is 0 Å². The molecule has 2 rings (SSSR count). The zero-order valence-corrected chi connectivity index (χ0v) is 15.0. The maximum atomic E-state index is 11.9. The van der Waals surface area contributed by atoms with E-state index in [-0.39, 0.29) is 5.91 Å². The standard InChI is InChI=1S/C18H20Cl2N2O2/c1-24-17-6-5-15(20)12-16(17)21-10-8-18(23)22-9-7-13-3-2-4-14(19)11-13/h2-6,11-12,21H,7-10H2,1H3,(H,22,23). The molecule has 2 aromatic rings. The fourth-order valence-electron chi connectivity index (χ4n) is 2.26. The number of hydrogen-bond acceptors (Lipinski definition) is 3. The number of amides is 1. The summed E-state index contributed by atoms with van der Waals surface area (Å²) in [7, 11) is 1.59. The minimum Gasteiger partial charge on any atom is -0.495 e. The van der Waals surface area contributed by atoms with Crippen molar-refractivity contribution in [2.45, 2.75) is 12.8 Å². The van der Waals surface area contributed by atoms with Crippen molar-refractivity contribution in [2.75, 3.05) is 25.5 Å². The average Bonchev–Trinajstić information content (AvgIpc) is 2.55. The number of hydrogen-bond donors (Lipinski definition) is 2. The predicted octanol–water partition coefficient (Wildman–Crippen LogP) is 4.16. The van der Waals surface area contributed by atoms with E-state index in [1.807, 2.05) is 24.3 Å². The number of nitrogens with one attached hydrogen (secondary N) is 2. The summed E-state index contributed by atoms with van der Waals surface area (Å²) in [4.78, 5) is 11.9. The Bertz CT molecular complexity index is 692. The molecule has 2 N–H and O–H groups in total. The number of benzene rings is 2. The van der Waals surface area contributed by atoms with Crippen LogP contribution in [0, 0.1) is 0 Å². The fourth-order valence-corrected chi connectivity index (χ4v) is 2.64. The van der Waals surface area contributed by atoms with Crippen molar-refractivity contribution in [1.82, 2.24) is 5.32 Å². The summed E-state index contributed by atoms with van der Waals surface area (Å²) in [6.45, 7) is 1.08. The lowest BCUT2D eigenvalue weighted by Gasteiger charge is -2.11. The largest absolute Gasteiger partial charge is 0.495 e. The van der Waals surface area contributed by atoms with Crippen LogP contribution in [0.5, 0.6) is 5.75 Å². The molecule has 0 atom stereocenters. The number of methoxy groups -OCH3 is 1. The first-order valence-corrected chi connectivity index (χ1v) is 8.42. The first-order chi connectivity index (χ1) is 11.6. The fraction of sp³-hybridized carbons (Fsp3) is 0.278. The van der Waals surface area contributed by atoms with E-state index in [0.717, 1.165) is 17.7 Å². The van der Waals surface area contributed by atoms with Crippen molar-refractivity contribution < 1.29 is 9.53 Å². The van der Waals surface area contributed by atoms with E-state index in [4.69, 9.17) is 27.9 Å². The maximum Gasteiger partial charge on any atom is 0.221 e. The highest BCUT2D eigenvalue weighted by Gasteiger charge is 2.05. The van der Waals surface area contributed by atoms with Gasteiger partial charge < -0.3 is 15.4 Å². The average molecular weight is 367 g/mol. The monoisotopic (exact) mass is 366 g/mol. The number of anilines is 1. The van der Waals surface area contributed by atoms with Gasteiger partial charge in [-0.2, -0.15) is 0 Å². The molecule has 0 aliphatic carbocycles. The molecule has 4 nitrogen and oxygen atoms in total. The molecule has 1 amide bonds. The van der Waals surface area contributed by atoms with Gasteiger partial charge in [0.2, 0.25) is 5.91 Å². The lowest BCUT2D eigenvalue weighted by Crippen LogP contribution is -2.27. The highest BCUT2D eigenvalue weighted by molar-refractivity contribution is 6.31. The highest BCUT2D eigenvalue weighted by Crippen LogP contribution is 2.27. The molecule has 0 aliphatic heterocycles. The molecular formula is C18H20Cl2N2O2. The van der Waals surface area contributed by atoms with Crippen LogP contribution in [-0.2, 0) is 11.2 Å². The molecular weight excluding hydrogens is 347 g/mol. The Balaban J connectivity index is 1.71. The number of ether oxygens (including phenoxy) is 1. The minimum atomic E-state index is -0.00878. The van der Waals surface area contributed by atoms with E-state index in [1.165, 1.54) is 0 Å². The summed E-state index contributed by atoms with van der Waals surface area (Å²) in [5.41, 5.74) is 1.88. The van der Waals surface area contributed by atoms with Crippen LogP contribution >= 0.6 is 23.2 Å². The van der Waals surface area contributed by atoms with Gasteiger partial charge in [0, 0.05) is 29.6 Å². The van der Waals surface area contributed by atoms with Crippen molar-refractivity contribution in [3.8, 4) is 5.75 Å². The van der Waals surface area contributed by atoms with Crippen molar-refractivity contribution in [3.05, 3.63) is 58.1 Å². The van der Waals surface area contributed by atoms with Crippen LogP contribution in [0.4, 0.5) is 5.69 Å². The van der Waals surface area contributed by atoms with Gasteiger partial charge in [0.1, 0.15) is 5.75 Å². The van der Waals surface area contributed by atoms with Crippen LogP contribution in [-0.4, -0.2) is 26.1 Å². The second-order valence-corrected chi connectivity index (χ2v) is 6.12. The maximum absolute atomic E-state index is 11.9. The number of rotatable bonds is 8. The smallest absolute Gasteiger partial charge is 0.221 e. The van der Waals surface area contributed by atoms with Crippen LogP contribution in [0.15, 0.2) is 42.5 Å². The zero-order chi connectivity index (χ0) is 17.4. The summed E-state index contributed by atoms with van der Waals surface area (Å²) in [5, 5.41) is 7.38. The Morgan fingerprint density at radius 1 is 1.08 bits per heavy atom. The van der Waals surface area contributed by atoms with Gasteiger partial charge in [0.15, 0.2) is 0 Å². The van der Waals surface area contributed by atoms with E-state index in [1.54, 1.807) is 25.3 Å². The Morgan fingerprint density at radius 2 is 1.88 bits per heavy atom. The van der Waals surface area contributed by atoms with Gasteiger partial charge in [-0.15, -0.1) is 0 Å². The molecule has 0 saturated heterocycles. The van der Waals surface area contributed by atoms with Crippen molar-refractivity contribution >= 4 is 34.8 Å². The van der Waals surface area contributed by atoms with E-state index in [2.05, 4.69) is 10.6 Å².